The van der Waals surface area contributed by atoms with Crippen LogP contribution in [0.3, 0.4) is 0 Å². The molecule has 110 valence electrons. The van der Waals surface area contributed by atoms with Gasteiger partial charge in [0.15, 0.2) is 0 Å². The number of amides is 1. The van der Waals surface area contributed by atoms with E-state index in [2.05, 4.69) is 5.32 Å². The second kappa shape index (κ2) is 5.37. The van der Waals surface area contributed by atoms with Crippen molar-refractivity contribution in [3.63, 3.8) is 0 Å². The van der Waals surface area contributed by atoms with Gasteiger partial charge in [0.05, 0.1) is 23.3 Å². The zero-order valence-corrected chi connectivity index (χ0v) is 12.2. The van der Waals surface area contributed by atoms with Gasteiger partial charge in [0, 0.05) is 13.1 Å². The van der Waals surface area contributed by atoms with E-state index >= 15 is 0 Å². The lowest BCUT2D eigenvalue weighted by atomic mass is 10.2. The Kier molecular flexibility index (Phi) is 4.17. The number of carbonyl (C=O) groups is 1. The summed E-state index contributed by atoms with van der Waals surface area (Å²) >= 11 is 0. The predicted octanol–water partition coefficient (Wildman–Crippen LogP) is -1.28. The largest absolute Gasteiger partial charge is 0.355 e. The molecule has 2 rings (SSSR count). The van der Waals surface area contributed by atoms with Gasteiger partial charge in [-0.05, 0) is 19.3 Å². The molecule has 0 radical (unpaired) electrons. The Hall–Kier alpha value is -0.670. The molecule has 0 atom stereocenters. The van der Waals surface area contributed by atoms with Gasteiger partial charge < -0.3 is 5.32 Å². The van der Waals surface area contributed by atoms with Crippen molar-refractivity contribution < 1.29 is 21.6 Å². The summed E-state index contributed by atoms with van der Waals surface area (Å²) in [5, 5.41) is 1.94. The molecule has 2 aliphatic rings. The van der Waals surface area contributed by atoms with Crippen LogP contribution in [0.4, 0.5) is 0 Å². The third kappa shape index (κ3) is 3.46. The van der Waals surface area contributed by atoms with E-state index in [1.54, 1.807) is 0 Å². The van der Waals surface area contributed by atoms with E-state index in [1.807, 2.05) is 0 Å². The monoisotopic (exact) mass is 310 g/mol. The zero-order valence-electron chi connectivity index (χ0n) is 10.5. The summed E-state index contributed by atoms with van der Waals surface area (Å²) < 4.78 is 48.7. The highest BCUT2D eigenvalue weighted by molar-refractivity contribution is 7.92. The first kappa shape index (κ1) is 14.7. The minimum Gasteiger partial charge on any atom is -0.355 e. The molecule has 0 unspecified atom stereocenters. The van der Waals surface area contributed by atoms with E-state index in [9.17, 15) is 21.6 Å². The lowest BCUT2D eigenvalue weighted by Crippen LogP contribution is -2.45. The average Bonchev–Trinajstić information content (AvgIpc) is 2.53. The zero-order chi connectivity index (χ0) is 14.1. The fraction of sp³-hybridized carbons (Fsp3) is 0.900. The lowest BCUT2D eigenvalue weighted by molar-refractivity contribution is -0.120. The van der Waals surface area contributed by atoms with Crippen LogP contribution in [0.15, 0.2) is 0 Å². The number of sulfone groups is 1. The van der Waals surface area contributed by atoms with Crippen LogP contribution in [0.5, 0.6) is 0 Å². The van der Waals surface area contributed by atoms with Gasteiger partial charge >= 0.3 is 0 Å². The van der Waals surface area contributed by atoms with Crippen molar-refractivity contribution in [3.8, 4) is 0 Å². The maximum absolute atomic E-state index is 12.4. The second-order valence-corrected chi connectivity index (χ2v) is 9.45. The molecule has 1 N–H and O–H groups in total. The van der Waals surface area contributed by atoms with Gasteiger partial charge in [-0.1, -0.05) is 0 Å². The quantitative estimate of drug-likeness (QED) is 0.684. The molecule has 1 amide bonds. The first-order chi connectivity index (χ1) is 8.81. The summed E-state index contributed by atoms with van der Waals surface area (Å²) in [6, 6.07) is 0. The number of nitrogens with zero attached hydrogens (tertiary/aromatic N) is 1. The Morgan fingerprint density at radius 2 is 1.84 bits per heavy atom. The van der Waals surface area contributed by atoms with Gasteiger partial charge in [-0.15, -0.1) is 0 Å². The van der Waals surface area contributed by atoms with Crippen LogP contribution in [0.25, 0.3) is 0 Å². The Balaban J connectivity index is 2.11. The fourth-order valence-corrected chi connectivity index (χ4v) is 6.10. The summed E-state index contributed by atoms with van der Waals surface area (Å²) in [4.78, 5) is 11.4. The molecule has 7 nitrogen and oxygen atoms in total. The molecular formula is C10H18N2O5S2. The summed E-state index contributed by atoms with van der Waals surface area (Å²) in [5.74, 6) is -0.474. The molecule has 0 aliphatic carbocycles. The van der Waals surface area contributed by atoms with Crippen molar-refractivity contribution >= 4 is 25.8 Å². The molecule has 0 spiro atoms. The molecule has 0 bridgehead atoms. The van der Waals surface area contributed by atoms with Gasteiger partial charge in [-0.2, -0.15) is 4.31 Å². The summed E-state index contributed by atoms with van der Waals surface area (Å²) in [6.45, 7) is 0.625. The van der Waals surface area contributed by atoms with Crippen LogP contribution in [0.2, 0.25) is 0 Å². The number of rotatable bonds is 2. The van der Waals surface area contributed by atoms with E-state index in [0.717, 1.165) is 0 Å². The maximum Gasteiger partial charge on any atom is 0.235 e. The smallest absolute Gasteiger partial charge is 0.235 e. The van der Waals surface area contributed by atoms with E-state index in [-0.39, 0.29) is 36.8 Å². The number of hydrogen-bond acceptors (Lipinski definition) is 5. The van der Waals surface area contributed by atoms with Crippen molar-refractivity contribution in [1.82, 2.24) is 9.62 Å². The molecular weight excluding hydrogens is 292 g/mol. The van der Waals surface area contributed by atoms with E-state index in [0.29, 0.717) is 19.5 Å². The highest BCUT2D eigenvalue weighted by atomic mass is 32.2. The molecule has 2 fully saturated rings. The molecule has 0 aromatic heterocycles. The van der Waals surface area contributed by atoms with Crippen LogP contribution < -0.4 is 5.32 Å². The Labute approximate surface area is 113 Å². The molecule has 19 heavy (non-hydrogen) atoms. The van der Waals surface area contributed by atoms with E-state index in [1.165, 1.54) is 4.31 Å². The minimum atomic E-state index is -3.58. The van der Waals surface area contributed by atoms with Gasteiger partial charge in [-0.25, -0.2) is 16.8 Å². The normalized spacial score (nSPS) is 26.6. The lowest BCUT2D eigenvalue weighted by Gasteiger charge is -2.28. The summed E-state index contributed by atoms with van der Waals surface area (Å²) in [5.41, 5.74) is 0. The molecule has 2 saturated heterocycles. The van der Waals surface area contributed by atoms with Crippen LogP contribution in [0.1, 0.15) is 19.3 Å². The van der Waals surface area contributed by atoms with Crippen LogP contribution >= 0.6 is 0 Å². The maximum atomic E-state index is 12.4. The number of nitrogens with one attached hydrogen (secondary N) is 1. The first-order valence-electron chi connectivity index (χ1n) is 6.27. The number of hydrogen-bond donors (Lipinski definition) is 1. The fourth-order valence-electron chi connectivity index (χ4n) is 2.37. The van der Waals surface area contributed by atoms with Crippen molar-refractivity contribution in [3.05, 3.63) is 0 Å². The van der Waals surface area contributed by atoms with Crippen molar-refractivity contribution in [2.24, 2.45) is 0 Å². The van der Waals surface area contributed by atoms with Crippen LogP contribution in [0, 0.1) is 0 Å². The Morgan fingerprint density at radius 1 is 1.21 bits per heavy atom. The Bertz CT molecular complexity index is 540. The third-order valence-electron chi connectivity index (χ3n) is 3.51. The third-order valence-corrected chi connectivity index (χ3v) is 7.57. The standard InChI is InChI=1S/C10H18N2O5S2/c13-10-8-12(5-1-4-11-10)19(16,17)9-2-6-18(14,15)7-3-9/h9H,1-8H2,(H,11,13). The molecule has 0 aromatic carbocycles. The van der Waals surface area contributed by atoms with E-state index in [4.69, 9.17) is 0 Å². The van der Waals surface area contributed by atoms with Crippen molar-refractivity contribution in [2.75, 3.05) is 31.1 Å². The Morgan fingerprint density at radius 3 is 2.47 bits per heavy atom. The highest BCUT2D eigenvalue weighted by Gasteiger charge is 2.37. The van der Waals surface area contributed by atoms with Crippen molar-refractivity contribution in [1.29, 1.82) is 0 Å². The van der Waals surface area contributed by atoms with Gasteiger partial charge in [0.1, 0.15) is 9.84 Å². The van der Waals surface area contributed by atoms with Gasteiger partial charge in [-0.3, -0.25) is 4.79 Å². The molecule has 0 aromatic rings. The molecule has 0 saturated carbocycles. The second-order valence-electron chi connectivity index (χ2n) is 4.93. The topological polar surface area (TPSA) is 101 Å². The molecule has 9 heteroatoms. The van der Waals surface area contributed by atoms with Crippen LogP contribution in [-0.4, -0.2) is 63.4 Å². The number of sulfonamides is 1. The summed E-state index contributed by atoms with van der Waals surface area (Å²) in [6.07, 6.45) is 0.835. The van der Waals surface area contributed by atoms with Crippen LogP contribution in [-0.2, 0) is 24.7 Å². The van der Waals surface area contributed by atoms with Gasteiger partial charge in [0.2, 0.25) is 15.9 Å². The molecule has 2 aliphatic heterocycles. The highest BCUT2D eigenvalue weighted by Crippen LogP contribution is 2.22. The van der Waals surface area contributed by atoms with E-state index < -0.39 is 25.1 Å². The first-order valence-corrected chi connectivity index (χ1v) is 9.60. The summed E-state index contributed by atoms with van der Waals surface area (Å²) in [7, 11) is -6.67. The number of carbonyl (C=O) groups excluding carboxylic acids is 1. The van der Waals surface area contributed by atoms with Crippen molar-refractivity contribution in [2.45, 2.75) is 24.5 Å². The minimum absolute atomic E-state index is 0.0864. The predicted molar refractivity (Wildman–Crippen MR) is 69.8 cm³/mol. The SMILES string of the molecule is O=C1CN(S(=O)(=O)C2CCS(=O)(=O)CC2)CCCN1. The molecule has 2 heterocycles. The van der Waals surface area contributed by atoms with Gasteiger partial charge in [0.25, 0.3) is 0 Å². The average molecular weight is 310 g/mol.